The summed E-state index contributed by atoms with van der Waals surface area (Å²) in [6.07, 6.45) is 2.29. The summed E-state index contributed by atoms with van der Waals surface area (Å²) in [5, 5.41) is 10.7. The molecule has 1 N–H and O–H groups in total. The summed E-state index contributed by atoms with van der Waals surface area (Å²) in [7, 11) is -3.83. The number of hydrogen-bond donors (Lipinski definition) is 1. The number of benzene rings is 1. The molecule has 0 bridgehead atoms. The molecule has 8 nitrogen and oxygen atoms in total. The molecule has 1 aliphatic heterocycles. The molecule has 1 aliphatic rings. The van der Waals surface area contributed by atoms with Gasteiger partial charge in [0.2, 0.25) is 15.9 Å². The molecule has 1 heterocycles. The summed E-state index contributed by atoms with van der Waals surface area (Å²) in [4.78, 5) is 23.1. The lowest BCUT2D eigenvalue weighted by molar-refractivity contribution is -0.385. The Bertz CT molecular complexity index is 674. The molecule has 22 heavy (non-hydrogen) atoms. The molecule has 0 unspecified atom stereocenters. The van der Waals surface area contributed by atoms with Crippen molar-refractivity contribution in [2.45, 2.75) is 24.2 Å². The number of carbonyl (C=O) groups excluding carboxylic acids is 1. The number of nitro groups is 1. The molecule has 2 rings (SSSR count). The van der Waals surface area contributed by atoms with Crippen LogP contribution in [0.3, 0.4) is 0 Å². The third kappa shape index (κ3) is 4.01. The van der Waals surface area contributed by atoms with E-state index in [-0.39, 0.29) is 23.0 Å². The molecular weight excluding hydrogens is 310 g/mol. The van der Waals surface area contributed by atoms with Crippen molar-refractivity contribution in [2.75, 3.05) is 19.6 Å². The first-order chi connectivity index (χ1) is 10.4. The average Bonchev–Trinajstić information content (AvgIpc) is 2.49. The summed E-state index contributed by atoms with van der Waals surface area (Å²) < 4.78 is 26.6. The maximum Gasteiger partial charge on any atom is 0.270 e. The van der Waals surface area contributed by atoms with E-state index in [1.54, 1.807) is 4.90 Å². The number of likely N-dealkylation sites (tertiary alicyclic amines) is 1. The molecule has 1 fully saturated rings. The molecule has 0 aromatic heterocycles. The number of nitrogens with one attached hydrogen (secondary N) is 1. The van der Waals surface area contributed by atoms with Crippen molar-refractivity contribution < 1.29 is 18.1 Å². The van der Waals surface area contributed by atoms with Gasteiger partial charge in [-0.25, -0.2) is 13.1 Å². The van der Waals surface area contributed by atoms with Crippen LogP contribution < -0.4 is 4.72 Å². The normalized spacial score (nSPS) is 15.8. The van der Waals surface area contributed by atoms with Crippen LogP contribution in [-0.2, 0) is 14.8 Å². The van der Waals surface area contributed by atoms with Crippen LogP contribution in [0.4, 0.5) is 5.69 Å². The number of amides is 1. The van der Waals surface area contributed by atoms with Crippen LogP contribution in [0.5, 0.6) is 0 Å². The molecule has 0 aliphatic carbocycles. The number of rotatable bonds is 6. The quantitative estimate of drug-likeness (QED) is 0.616. The second-order valence-electron chi connectivity index (χ2n) is 4.99. The Balaban J connectivity index is 1.97. The number of carbonyl (C=O) groups is 1. The molecule has 0 saturated carbocycles. The van der Waals surface area contributed by atoms with Crippen molar-refractivity contribution in [3.05, 3.63) is 34.4 Å². The predicted molar refractivity (Wildman–Crippen MR) is 78.7 cm³/mol. The Hall–Kier alpha value is -2.00. The van der Waals surface area contributed by atoms with Crippen LogP contribution in [0.15, 0.2) is 29.2 Å². The lowest BCUT2D eigenvalue weighted by Crippen LogP contribution is -2.41. The fourth-order valence-corrected chi connectivity index (χ4v) is 3.32. The molecule has 0 spiro atoms. The monoisotopic (exact) mass is 327 g/mol. The maximum absolute atomic E-state index is 12.1. The lowest BCUT2D eigenvalue weighted by Gasteiger charge is -2.26. The van der Waals surface area contributed by atoms with Crippen LogP contribution in [0.1, 0.15) is 19.3 Å². The average molecular weight is 327 g/mol. The second-order valence-corrected chi connectivity index (χ2v) is 6.76. The van der Waals surface area contributed by atoms with Gasteiger partial charge in [0.25, 0.3) is 5.69 Å². The smallest absolute Gasteiger partial charge is 0.270 e. The van der Waals surface area contributed by atoms with Crippen molar-refractivity contribution in [1.29, 1.82) is 0 Å². The summed E-state index contributed by atoms with van der Waals surface area (Å²) in [5.74, 6) is 0.0285. The first-order valence-electron chi connectivity index (χ1n) is 6.92. The highest BCUT2D eigenvalue weighted by molar-refractivity contribution is 7.89. The molecule has 0 radical (unpaired) electrons. The fourth-order valence-electron chi connectivity index (χ4n) is 2.26. The summed E-state index contributed by atoms with van der Waals surface area (Å²) in [5.41, 5.74) is -0.283. The van der Waals surface area contributed by atoms with Crippen LogP contribution >= 0.6 is 0 Å². The van der Waals surface area contributed by atoms with Crippen LogP contribution in [0, 0.1) is 10.1 Å². The summed E-state index contributed by atoms with van der Waals surface area (Å²) in [6, 6.07) is 4.85. The highest BCUT2D eigenvalue weighted by atomic mass is 32.2. The second kappa shape index (κ2) is 6.84. The minimum Gasteiger partial charge on any atom is -0.341 e. The molecule has 0 atom stereocenters. The Morgan fingerprint density at radius 2 is 2.09 bits per heavy atom. The summed E-state index contributed by atoms with van der Waals surface area (Å²) in [6.45, 7) is 1.02. The molecule has 9 heteroatoms. The van der Waals surface area contributed by atoms with Gasteiger partial charge in [-0.1, -0.05) is 6.07 Å². The molecule has 120 valence electrons. The van der Waals surface area contributed by atoms with Gasteiger partial charge in [-0.2, -0.15) is 0 Å². The van der Waals surface area contributed by atoms with Gasteiger partial charge in [0.15, 0.2) is 0 Å². The van der Waals surface area contributed by atoms with Crippen LogP contribution in [0.25, 0.3) is 0 Å². The number of sulfonamides is 1. The standard InChI is InChI=1S/C13H17N3O5S/c17-13-6-1-2-8-15(13)9-7-14-22(20,21)12-5-3-4-11(10-12)16(18)19/h3-5,10,14H,1-2,6-9H2. The van der Waals surface area contributed by atoms with E-state index >= 15 is 0 Å². The minimum absolute atomic E-state index is 0.0285. The van der Waals surface area contributed by atoms with E-state index in [1.807, 2.05) is 0 Å². The topological polar surface area (TPSA) is 110 Å². The zero-order chi connectivity index (χ0) is 16.2. The van der Waals surface area contributed by atoms with E-state index in [0.29, 0.717) is 19.5 Å². The van der Waals surface area contributed by atoms with Crippen molar-refractivity contribution in [2.24, 2.45) is 0 Å². The lowest BCUT2D eigenvalue weighted by atomic mass is 10.1. The Kier molecular flexibility index (Phi) is 5.09. The first-order valence-corrected chi connectivity index (χ1v) is 8.40. The largest absolute Gasteiger partial charge is 0.341 e. The third-order valence-corrected chi connectivity index (χ3v) is 4.89. The Morgan fingerprint density at radius 1 is 1.32 bits per heavy atom. The molecule has 1 amide bonds. The zero-order valence-corrected chi connectivity index (χ0v) is 12.7. The molecule has 1 saturated heterocycles. The predicted octanol–water partition coefficient (Wildman–Crippen LogP) is 0.886. The van der Waals surface area contributed by atoms with Crippen LogP contribution in [-0.4, -0.2) is 43.8 Å². The van der Waals surface area contributed by atoms with Gasteiger partial charge in [0.1, 0.15) is 0 Å². The van der Waals surface area contributed by atoms with E-state index in [4.69, 9.17) is 0 Å². The van der Waals surface area contributed by atoms with E-state index in [1.165, 1.54) is 18.2 Å². The number of nitrogens with zero attached hydrogens (tertiary/aromatic N) is 2. The van der Waals surface area contributed by atoms with Gasteiger partial charge in [-0.05, 0) is 18.9 Å². The molecular formula is C13H17N3O5S. The molecule has 1 aromatic rings. The number of nitro benzene ring substituents is 1. The van der Waals surface area contributed by atoms with E-state index in [0.717, 1.165) is 18.9 Å². The highest BCUT2D eigenvalue weighted by Gasteiger charge is 2.20. The Labute approximate surface area is 128 Å². The summed E-state index contributed by atoms with van der Waals surface area (Å²) >= 11 is 0. The Morgan fingerprint density at radius 3 is 2.77 bits per heavy atom. The van der Waals surface area contributed by atoms with Crippen molar-refractivity contribution in [3.8, 4) is 0 Å². The van der Waals surface area contributed by atoms with Crippen molar-refractivity contribution in [1.82, 2.24) is 9.62 Å². The van der Waals surface area contributed by atoms with Crippen molar-refractivity contribution >= 4 is 21.6 Å². The van der Waals surface area contributed by atoms with Gasteiger partial charge < -0.3 is 4.90 Å². The number of non-ortho nitro benzene ring substituents is 1. The number of piperidine rings is 1. The highest BCUT2D eigenvalue weighted by Crippen LogP contribution is 2.17. The SMILES string of the molecule is O=C1CCCCN1CCNS(=O)(=O)c1cccc([N+](=O)[O-])c1. The third-order valence-electron chi connectivity index (χ3n) is 3.43. The van der Waals surface area contributed by atoms with Gasteiger partial charge >= 0.3 is 0 Å². The van der Waals surface area contributed by atoms with Crippen molar-refractivity contribution in [3.63, 3.8) is 0 Å². The fraction of sp³-hybridized carbons (Fsp3) is 0.462. The van der Waals surface area contributed by atoms with E-state index < -0.39 is 14.9 Å². The zero-order valence-electron chi connectivity index (χ0n) is 11.9. The van der Waals surface area contributed by atoms with E-state index in [2.05, 4.69) is 4.72 Å². The minimum atomic E-state index is -3.83. The van der Waals surface area contributed by atoms with E-state index in [9.17, 15) is 23.3 Å². The molecule has 1 aromatic carbocycles. The van der Waals surface area contributed by atoms with Gasteiger partial charge in [0.05, 0.1) is 9.82 Å². The maximum atomic E-state index is 12.1. The van der Waals surface area contributed by atoms with Gasteiger partial charge in [-0.15, -0.1) is 0 Å². The number of hydrogen-bond acceptors (Lipinski definition) is 5. The van der Waals surface area contributed by atoms with Gasteiger partial charge in [-0.3, -0.25) is 14.9 Å². The first kappa shape index (κ1) is 16.4. The van der Waals surface area contributed by atoms with Crippen LogP contribution in [0.2, 0.25) is 0 Å². The van der Waals surface area contributed by atoms with Gasteiger partial charge in [0, 0.05) is 38.2 Å².